The predicted octanol–water partition coefficient (Wildman–Crippen LogP) is 2.92. The molecule has 1 saturated heterocycles. The molecule has 0 saturated carbocycles. The summed E-state index contributed by atoms with van der Waals surface area (Å²) in [7, 11) is 0. The number of benzene rings is 1. The van der Waals surface area contributed by atoms with E-state index in [1.165, 1.54) is 35.6 Å². The number of thiophene rings is 1. The summed E-state index contributed by atoms with van der Waals surface area (Å²) in [6, 6.07) is 8.36. The van der Waals surface area contributed by atoms with Crippen LogP contribution in [0.5, 0.6) is 0 Å². The molecule has 2 heterocycles. The van der Waals surface area contributed by atoms with Crippen LogP contribution in [0.3, 0.4) is 0 Å². The quantitative estimate of drug-likeness (QED) is 0.746. The van der Waals surface area contributed by atoms with Crippen LogP contribution in [0.25, 0.3) is 0 Å². The van der Waals surface area contributed by atoms with Crippen molar-refractivity contribution in [3.05, 3.63) is 58.0 Å². The van der Waals surface area contributed by atoms with E-state index in [-0.39, 0.29) is 19.0 Å². The Morgan fingerprint density at radius 3 is 2.59 bits per heavy atom. The van der Waals surface area contributed by atoms with Gasteiger partial charge >= 0.3 is 6.03 Å². The Morgan fingerprint density at radius 2 is 2.00 bits per heavy atom. The van der Waals surface area contributed by atoms with E-state index in [4.69, 9.17) is 0 Å². The van der Waals surface area contributed by atoms with Crippen LogP contribution in [0.15, 0.2) is 41.8 Å². The zero-order chi connectivity index (χ0) is 19.6. The number of halogens is 1. The zero-order valence-corrected chi connectivity index (χ0v) is 15.8. The van der Waals surface area contributed by atoms with E-state index in [0.29, 0.717) is 5.56 Å². The summed E-state index contributed by atoms with van der Waals surface area (Å²) < 4.78 is 13.2. The molecule has 0 spiro atoms. The summed E-state index contributed by atoms with van der Waals surface area (Å²) in [4.78, 5) is 39.6. The Morgan fingerprint density at radius 1 is 1.30 bits per heavy atom. The van der Waals surface area contributed by atoms with Crippen LogP contribution in [0.2, 0.25) is 0 Å². The molecular weight excluding hydrogens is 369 g/mol. The van der Waals surface area contributed by atoms with Crippen LogP contribution >= 0.6 is 11.3 Å². The van der Waals surface area contributed by atoms with E-state index in [9.17, 15) is 18.8 Å². The molecule has 1 fully saturated rings. The number of urea groups is 1. The van der Waals surface area contributed by atoms with Crippen molar-refractivity contribution in [1.82, 2.24) is 15.5 Å². The predicted molar refractivity (Wildman–Crippen MR) is 99.5 cm³/mol. The third-order valence-corrected chi connectivity index (χ3v) is 5.75. The van der Waals surface area contributed by atoms with Crippen LogP contribution in [0.1, 0.15) is 36.8 Å². The first-order valence-corrected chi connectivity index (χ1v) is 9.48. The Hall–Kier alpha value is -2.74. The fourth-order valence-corrected chi connectivity index (χ4v) is 3.92. The lowest BCUT2D eigenvalue weighted by molar-refractivity contribution is -0.135. The van der Waals surface area contributed by atoms with Crippen LogP contribution in [-0.2, 0) is 15.1 Å². The second kappa shape index (κ2) is 7.48. The Bertz CT molecular complexity index is 854. The highest BCUT2D eigenvalue weighted by Crippen LogP contribution is 2.32. The van der Waals surface area contributed by atoms with Gasteiger partial charge in [-0.1, -0.05) is 25.1 Å². The molecule has 1 aromatic heterocycles. The average molecular weight is 389 g/mol. The molecule has 0 unspecified atom stereocenters. The van der Waals surface area contributed by atoms with Crippen LogP contribution in [0.4, 0.5) is 9.18 Å². The molecule has 6 nitrogen and oxygen atoms in total. The summed E-state index contributed by atoms with van der Waals surface area (Å²) in [5.41, 5.74) is -0.802. The lowest BCUT2D eigenvalue weighted by atomic mass is 9.87. The Labute approximate surface area is 160 Å². The van der Waals surface area contributed by atoms with E-state index in [1.807, 2.05) is 24.4 Å². The first-order chi connectivity index (χ1) is 12.9. The van der Waals surface area contributed by atoms with Gasteiger partial charge in [-0.3, -0.25) is 14.5 Å². The maximum atomic E-state index is 13.2. The summed E-state index contributed by atoms with van der Waals surface area (Å²) >= 11 is 1.51. The highest BCUT2D eigenvalue weighted by molar-refractivity contribution is 7.10. The minimum Gasteiger partial charge on any atom is -0.347 e. The third-order valence-electron chi connectivity index (χ3n) is 4.69. The summed E-state index contributed by atoms with van der Waals surface area (Å²) in [6.07, 6.45) is 0.285. The SMILES string of the molecule is CC[C@@]1(c2ccc(F)cc2)NC(=O)N(CC(=O)N[C@@H](C)c2cccs2)C1=O. The van der Waals surface area contributed by atoms with Crippen molar-refractivity contribution in [2.45, 2.75) is 31.8 Å². The molecule has 0 bridgehead atoms. The molecule has 4 amide bonds. The van der Waals surface area contributed by atoms with Crippen molar-refractivity contribution in [2.75, 3.05) is 6.54 Å². The van der Waals surface area contributed by atoms with Crippen molar-refractivity contribution in [3.8, 4) is 0 Å². The van der Waals surface area contributed by atoms with E-state index < -0.39 is 29.2 Å². The van der Waals surface area contributed by atoms with E-state index in [0.717, 1.165) is 9.78 Å². The number of amides is 4. The normalized spacial score (nSPS) is 20.5. The molecule has 0 aliphatic carbocycles. The van der Waals surface area contributed by atoms with Gasteiger partial charge in [0.05, 0.1) is 6.04 Å². The maximum absolute atomic E-state index is 13.2. The van der Waals surface area contributed by atoms with Gasteiger partial charge in [0.2, 0.25) is 5.91 Å². The van der Waals surface area contributed by atoms with Gasteiger partial charge in [-0.15, -0.1) is 11.3 Å². The number of imide groups is 1. The lowest BCUT2D eigenvalue weighted by Crippen LogP contribution is -2.45. The molecule has 142 valence electrons. The van der Waals surface area contributed by atoms with Crippen LogP contribution in [0, 0.1) is 5.82 Å². The second-order valence-electron chi connectivity index (χ2n) is 6.39. The fourth-order valence-electron chi connectivity index (χ4n) is 3.18. The number of nitrogens with zero attached hydrogens (tertiary/aromatic N) is 1. The molecule has 3 rings (SSSR count). The smallest absolute Gasteiger partial charge is 0.325 e. The highest BCUT2D eigenvalue weighted by atomic mass is 32.1. The molecule has 2 N–H and O–H groups in total. The van der Waals surface area contributed by atoms with Crippen LogP contribution < -0.4 is 10.6 Å². The van der Waals surface area contributed by atoms with Gasteiger partial charge in [0.15, 0.2) is 0 Å². The number of hydrogen-bond acceptors (Lipinski definition) is 4. The van der Waals surface area contributed by atoms with Gasteiger partial charge < -0.3 is 10.6 Å². The maximum Gasteiger partial charge on any atom is 0.325 e. The summed E-state index contributed by atoms with van der Waals surface area (Å²) in [6.45, 7) is 3.22. The Kier molecular flexibility index (Phi) is 5.27. The number of hydrogen-bond donors (Lipinski definition) is 2. The lowest BCUT2D eigenvalue weighted by Gasteiger charge is -2.25. The van der Waals surface area contributed by atoms with E-state index in [2.05, 4.69) is 10.6 Å². The standard InChI is InChI=1S/C19H20FN3O3S/c1-3-19(13-6-8-14(20)9-7-13)17(25)23(18(26)22-19)11-16(24)21-12(2)15-5-4-10-27-15/h4-10,12H,3,11H2,1-2H3,(H,21,24)(H,22,26)/t12-,19-/m0/s1. The molecule has 1 aliphatic heterocycles. The van der Waals surface area contributed by atoms with Gasteiger partial charge in [-0.05, 0) is 42.5 Å². The van der Waals surface area contributed by atoms with Crippen molar-refractivity contribution in [3.63, 3.8) is 0 Å². The van der Waals surface area contributed by atoms with Crippen molar-refractivity contribution in [1.29, 1.82) is 0 Å². The number of nitrogens with one attached hydrogen (secondary N) is 2. The molecule has 8 heteroatoms. The molecule has 0 radical (unpaired) electrons. The molecule has 27 heavy (non-hydrogen) atoms. The average Bonchev–Trinajstić information content (AvgIpc) is 3.26. The van der Waals surface area contributed by atoms with Gasteiger partial charge in [0.25, 0.3) is 5.91 Å². The summed E-state index contributed by atoms with van der Waals surface area (Å²) in [5, 5.41) is 7.38. The largest absolute Gasteiger partial charge is 0.347 e. The molecule has 2 aromatic rings. The first-order valence-electron chi connectivity index (χ1n) is 8.60. The Balaban J connectivity index is 1.75. The van der Waals surface area contributed by atoms with Crippen molar-refractivity contribution < 1.29 is 18.8 Å². The van der Waals surface area contributed by atoms with Crippen molar-refractivity contribution >= 4 is 29.2 Å². The van der Waals surface area contributed by atoms with Crippen molar-refractivity contribution in [2.24, 2.45) is 0 Å². The van der Waals surface area contributed by atoms with E-state index in [1.54, 1.807) is 6.92 Å². The third kappa shape index (κ3) is 3.57. The number of carbonyl (C=O) groups excluding carboxylic acids is 3. The van der Waals surface area contributed by atoms with Gasteiger partial charge in [0.1, 0.15) is 17.9 Å². The minimum absolute atomic E-state index is 0.216. The number of carbonyl (C=O) groups is 3. The first kappa shape index (κ1) is 19.0. The summed E-state index contributed by atoms with van der Waals surface area (Å²) in [5.74, 6) is -1.37. The zero-order valence-electron chi connectivity index (χ0n) is 15.0. The van der Waals surface area contributed by atoms with Gasteiger partial charge in [-0.25, -0.2) is 9.18 Å². The van der Waals surface area contributed by atoms with Gasteiger partial charge in [-0.2, -0.15) is 0 Å². The molecule has 1 aliphatic rings. The monoisotopic (exact) mass is 389 g/mol. The highest BCUT2D eigenvalue weighted by Gasteiger charge is 2.51. The molecular formula is C19H20FN3O3S. The fraction of sp³-hybridized carbons (Fsp3) is 0.316. The van der Waals surface area contributed by atoms with Crippen LogP contribution in [-0.4, -0.2) is 29.3 Å². The molecule has 2 atom stereocenters. The minimum atomic E-state index is -1.29. The topological polar surface area (TPSA) is 78.5 Å². The second-order valence-corrected chi connectivity index (χ2v) is 7.37. The molecule has 1 aromatic carbocycles. The van der Waals surface area contributed by atoms with E-state index >= 15 is 0 Å². The van der Waals surface area contributed by atoms with Gasteiger partial charge in [0, 0.05) is 4.88 Å². The number of rotatable bonds is 6.